The smallest absolute Gasteiger partial charge is 0.343 e. The van der Waals surface area contributed by atoms with Crippen LogP contribution >= 0.6 is 0 Å². The average molecular weight is 278 g/mol. The van der Waals surface area contributed by atoms with Crippen molar-refractivity contribution >= 4 is 16.9 Å². The first-order chi connectivity index (χ1) is 9.67. The molecule has 0 fully saturated rings. The summed E-state index contributed by atoms with van der Waals surface area (Å²) in [6, 6.07) is 5.56. The van der Waals surface area contributed by atoms with Crippen LogP contribution in [0.25, 0.3) is 11.0 Å². The molecule has 1 aromatic carbocycles. The van der Waals surface area contributed by atoms with E-state index in [1.807, 2.05) is 19.1 Å². The molecule has 0 amide bonds. The van der Waals surface area contributed by atoms with E-state index in [-0.39, 0.29) is 13.2 Å². The zero-order valence-corrected chi connectivity index (χ0v) is 11.6. The van der Waals surface area contributed by atoms with E-state index in [1.165, 1.54) is 7.11 Å². The maximum absolute atomic E-state index is 11.1. The van der Waals surface area contributed by atoms with Crippen molar-refractivity contribution in [2.75, 3.05) is 20.3 Å². The third kappa shape index (κ3) is 2.93. The third-order valence-corrected chi connectivity index (χ3v) is 3.14. The van der Waals surface area contributed by atoms with E-state index in [0.717, 1.165) is 23.1 Å². The van der Waals surface area contributed by atoms with Crippen LogP contribution in [0.1, 0.15) is 17.7 Å². The number of furan rings is 1. The van der Waals surface area contributed by atoms with E-state index in [0.29, 0.717) is 17.8 Å². The number of hydrogen-bond donors (Lipinski definition) is 1. The third-order valence-electron chi connectivity index (χ3n) is 3.14. The quantitative estimate of drug-likeness (QED) is 0.820. The molecule has 0 aliphatic rings. The summed E-state index contributed by atoms with van der Waals surface area (Å²) in [4.78, 5) is 11.1. The standard InChI is InChI=1S/C15H18O5/c1-10-11(6-4-8-16)12-5-3-7-13(15(12)20-10)19-9-14(17)18-2/h3,5,7,16H,4,6,8-9H2,1-2H3. The summed E-state index contributed by atoms with van der Waals surface area (Å²) in [5, 5.41) is 9.91. The van der Waals surface area contributed by atoms with Crippen LogP contribution in [-0.2, 0) is 16.0 Å². The highest BCUT2D eigenvalue weighted by Crippen LogP contribution is 2.33. The lowest BCUT2D eigenvalue weighted by atomic mass is 10.1. The summed E-state index contributed by atoms with van der Waals surface area (Å²) in [6.07, 6.45) is 1.43. The highest BCUT2D eigenvalue weighted by molar-refractivity contribution is 5.87. The van der Waals surface area contributed by atoms with Crippen molar-refractivity contribution in [2.24, 2.45) is 0 Å². The number of para-hydroxylation sites is 1. The number of ether oxygens (including phenoxy) is 2. The van der Waals surface area contributed by atoms with E-state index in [9.17, 15) is 4.79 Å². The van der Waals surface area contributed by atoms with Gasteiger partial charge in [-0.3, -0.25) is 0 Å². The Kier molecular flexibility index (Phi) is 4.63. The van der Waals surface area contributed by atoms with Crippen LogP contribution in [0.3, 0.4) is 0 Å². The van der Waals surface area contributed by atoms with Gasteiger partial charge in [-0.05, 0) is 25.8 Å². The van der Waals surface area contributed by atoms with Gasteiger partial charge in [0, 0.05) is 17.6 Å². The van der Waals surface area contributed by atoms with Gasteiger partial charge in [0.25, 0.3) is 0 Å². The van der Waals surface area contributed by atoms with Gasteiger partial charge in [0.2, 0.25) is 0 Å². The molecule has 1 aromatic heterocycles. The van der Waals surface area contributed by atoms with E-state index in [4.69, 9.17) is 14.3 Å². The fourth-order valence-corrected chi connectivity index (χ4v) is 2.14. The van der Waals surface area contributed by atoms with Crippen molar-refractivity contribution in [3.63, 3.8) is 0 Å². The number of carbonyl (C=O) groups is 1. The summed E-state index contributed by atoms with van der Waals surface area (Å²) < 4.78 is 15.7. The number of benzene rings is 1. The number of aliphatic hydroxyl groups excluding tert-OH is 1. The van der Waals surface area contributed by atoms with Crippen LogP contribution in [0, 0.1) is 6.92 Å². The van der Waals surface area contributed by atoms with Gasteiger partial charge >= 0.3 is 5.97 Å². The highest BCUT2D eigenvalue weighted by atomic mass is 16.6. The number of methoxy groups -OCH3 is 1. The van der Waals surface area contributed by atoms with Gasteiger partial charge in [-0.1, -0.05) is 12.1 Å². The van der Waals surface area contributed by atoms with Gasteiger partial charge in [-0.25, -0.2) is 4.79 Å². The number of hydrogen-bond acceptors (Lipinski definition) is 5. The molecule has 0 saturated carbocycles. The van der Waals surface area contributed by atoms with Gasteiger partial charge < -0.3 is 19.0 Å². The lowest BCUT2D eigenvalue weighted by molar-refractivity contribution is -0.142. The summed E-state index contributed by atoms with van der Waals surface area (Å²) in [5.74, 6) is 0.889. The molecule has 0 bridgehead atoms. The lowest BCUT2D eigenvalue weighted by Crippen LogP contribution is -2.12. The van der Waals surface area contributed by atoms with Gasteiger partial charge in [0.15, 0.2) is 17.9 Å². The molecule has 1 N–H and O–H groups in total. The Balaban J connectivity index is 2.30. The van der Waals surface area contributed by atoms with Crippen LogP contribution < -0.4 is 4.74 Å². The number of fused-ring (bicyclic) bond motifs is 1. The molecule has 20 heavy (non-hydrogen) atoms. The highest BCUT2D eigenvalue weighted by Gasteiger charge is 2.15. The first kappa shape index (κ1) is 14.4. The zero-order chi connectivity index (χ0) is 14.5. The predicted octanol–water partition coefficient (Wildman–Crippen LogP) is 2.22. The topological polar surface area (TPSA) is 68.9 Å². The van der Waals surface area contributed by atoms with Gasteiger partial charge in [-0.2, -0.15) is 0 Å². The van der Waals surface area contributed by atoms with E-state index < -0.39 is 5.97 Å². The number of esters is 1. The fourth-order valence-electron chi connectivity index (χ4n) is 2.14. The first-order valence-electron chi connectivity index (χ1n) is 6.48. The van der Waals surface area contributed by atoms with Gasteiger partial charge in [-0.15, -0.1) is 0 Å². The molecule has 108 valence electrons. The van der Waals surface area contributed by atoms with E-state index in [2.05, 4.69) is 4.74 Å². The largest absolute Gasteiger partial charge is 0.478 e. The second kappa shape index (κ2) is 6.43. The van der Waals surface area contributed by atoms with Gasteiger partial charge in [0.1, 0.15) is 5.76 Å². The van der Waals surface area contributed by atoms with Crippen molar-refractivity contribution < 1.29 is 23.8 Å². The second-order valence-corrected chi connectivity index (χ2v) is 4.46. The number of aryl methyl sites for hydroxylation is 2. The molecule has 0 radical (unpaired) electrons. The summed E-state index contributed by atoms with van der Waals surface area (Å²) >= 11 is 0. The Hall–Kier alpha value is -2.01. The number of carbonyl (C=O) groups excluding carboxylic acids is 1. The summed E-state index contributed by atoms with van der Waals surface area (Å²) in [7, 11) is 1.32. The summed E-state index contributed by atoms with van der Waals surface area (Å²) in [6.45, 7) is 1.88. The average Bonchev–Trinajstić information content (AvgIpc) is 2.78. The first-order valence-corrected chi connectivity index (χ1v) is 6.48. The number of aliphatic hydroxyl groups is 1. The van der Waals surface area contributed by atoms with Crippen LogP contribution in [0.5, 0.6) is 5.75 Å². The van der Waals surface area contributed by atoms with Crippen molar-refractivity contribution in [1.29, 1.82) is 0 Å². The minimum atomic E-state index is -0.439. The van der Waals surface area contributed by atoms with E-state index >= 15 is 0 Å². The Bertz CT molecular complexity index is 600. The Morgan fingerprint density at radius 3 is 2.90 bits per heavy atom. The van der Waals surface area contributed by atoms with Crippen molar-refractivity contribution in [3.8, 4) is 5.75 Å². The monoisotopic (exact) mass is 278 g/mol. The molecule has 2 aromatic rings. The molecule has 0 atom stereocenters. The lowest BCUT2D eigenvalue weighted by Gasteiger charge is -2.05. The Morgan fingerprint density at radius 1 is 1.40 bits per heavy atom. The van der Waals surface area contributed by atoms with Crippen molar-refractivity contribution in [3.05, 3.63) is 29.5 Å². The van der Waals surface area contributed by atoms with Crippen LogP contribution in [0.15, 0.2) is 22.6 Å². The van der Waals surface area contributed by atoms with Crippen LogP contribution in [0.4, 0.5) is 0 Å². The molecular formula is C15H18O5. The summed E-state index contributed by atoms with van der Waals surface area (Å²) in [5.41, 5.74) is 1.69. The molecule has 5 nitrogen and oxygen atoms in total. The Morgan fingerprint density at radius 2 is 2.20 bits per heavy atom. The maximum atomic E-state index is 11.1. The molecule has 2 rings (SSSR count). The number of rotatable bonds is 6. The predicted molar refractivity (Wildman–Crippen MR) is 73.9 cm³/mol. The molecule has 0 spiro atoms. The molecule has 5 heteroatoms. The van der Waals surface area contributed by atoms with Gasteiger partial charge in [0.05, 0.1) is 7.11 Å². The van der Waals surface area contributed by atoms with Crippen LogP contribution in [0.2, 0.25) is 0 Å². The zero-order valence-electron chi connectivity index (χ0n) is 11.6. The van der Waals surface area contributed by atoms with Crippen LogP contribution in [-0.4, -0.2) is 31.4 Å². The SMILES string of the molecule is COC(=O)COc1cccc2c(CCCO)c(C)oc12. The molecule has 0 unspecified atom stereocenters. The van der Waals surface area contributed by atoms with Crippen molar-refractivity contribution in [1.82, 2.24) is 0 Å². The molecule has 0 aliphatic heterocycles. The van der Waals surface area contributed by atoms with Crippen molar-refractivity contribution in [2.45, 2.75) is 19.8 Å². The molecule has 0 saturated heterocycles. The normalized spacial score (nSPS) is 10.8. The minimum absolute atomic E-state index is 0.143. The maximum Gasteiger partial charge on any atom is 0.343 e. The fraction of sp³-hybridized carbons (Fsp3) is 0.400. The Labute approximate surface area is 117 Å². The molecular weight excluding hydrogens is 260 g/mol. The second-order valence-electron chi connectivity index (χ2n) is 4.46. The van der Waals surface area contributed by atoms with E-state index in [1.54, 1.807) is 6.07 Å². The molecule has 1 heterocycles. The minimum Gasteiger partial charge on any atom is -0.478 e. The molecule has 0 aliphatic carbocycles.